The van der Waals surface area contributed by atoms with Gasteiger partial charge < -0.3 is 5.32 Å². The molecule has 0 spiro atoms. The highest BCUT2D eigenvalue weighted by molar-refractivity contribution is 14.1. The third kappa shape index (κ3) is 4.45. The van der Waals surface area contributed by atoms with Crippen LogP contribution in [0.4, 0.5) is 21.6 Å². The van der Waals surface area contributed by atoms with Crippen molar-refractivity contribution < 1.29 is 12.8 Å². The number of rotatable bonds is 8. The van der Waals surface area contributed by atoms with Crippen LogP contribution in [0.5, 0.6) is 0 Å². The maximum atomic E-state index is 14.4. The van der Waals surface area contributed by atoms with Crippen LogP contribution in [0, 0.1) is 16.3 Å². The van der Waals surface area contributed by atoms with E-state index in [1.165, 1.54) is 23.7 Å². The molecule has 9 heteroatoms. The van der Waals surface area contributed by atoms with Crippen molar-refractivity contribution >= 4 is 49.8 Å². The van der Waals surface area contributed by atoms with Crippen molar-refractivity contribution in [2.24, 2.45) is 7.05 Å². The molecule has 1 fully saturated rings. The number of unbranched alkanes of at least 4 members (excludes halogenated alkanes) is 1. The molecule has 0 unspecified atom stereocenters. The van der Waals surface area contributed by atoms with Gasteiger partial charge in [0.1, 0.15) is 11.6 Å². The lowest BCUT2D eigenvalue weighted by atomic mass is 10.2. The monoisotopic (exact) mass is 533 g/mol. The van der Waals surface area contributed by atoms with Gasteiger partial charge in [0.25, 0.3) is 5.56 Å². The number of benzene rings is 1. The smallest absolute Gasteiger partial charge is 0.254 e. The molecule has 1 aromatic carbocycles. The fraction of sp³-hybridized carbons (Fsp3) is 0.450. The van der Waals surface area contributed by atoms with E-state index in [1.807, 2.05) is 29.5 Å². The van der Waals surface area contributed by atoms with Gasteiger partial charge in [-0.3, -0.25) is 14.1 Å². The van der Waals surface area contributed by atoms with E-state index in [0.717, 1.165) is 16.4 Å². The molecule has 2 N–H and O–H groups in total. The predicted octanol–water partition coefficient (Wildman–Crippen LogP) is 4.65. The van der Waals surface area contributed by atoms with Gasteiger partial charge in [-0.15, -0.1) is 0 Å². The highest BCUT2D eigenvalue weighted by Gasteiger charge is 2.54. The Bertz CT molecular complexity index is 1090. The minimum atomic E-state index is -3.65. The van der Waals surface area contributed by atoms with Gasteiger partial charge in [0.05, 0.1) is 16.1 Å². The molecular formula is C20H25FIN3O3S. The van der Waals surface area contributed by atoms with Crippen molar-refractivity contribution in [2.45, 2.75) is 50.7 Å². The van der Waals surface area contributed by atoms with Crippen molar-refractivity contribution in [3.63, 3.8) is 0 Å². The van der Waals surface area contributed by atoms with Crippen LogP contribution < -0.4 is 15.6 Å². The summed E-state index contributed by atoms with van der Waals surface area (Å²) in [5.74, 6) is -0.282. The van der Waals surface area contributed by atoms with E-state index < -0.39 is 20.6 Å². The summed E-state index contributed by atoms with van der Waals surface area (Å²) in [5.41, 5.74) is 0.521. The van der Waals surface area contributed by atoms with Gasteiger partial charge >= 0.3 is 0 Å². The summed E-state index contributed by atoms with van der Waals surface area (Å²) in [6.07, 6.45) is 3.63. The largest absolute Gasteiger partial charge is 0.337 e. The molecule has 0 bridgehead atoms. The molecule has 1 saturated carbocycles. The first-order valence-electron chi connectivity index (χ1n) is 9.55. The number of nitrogens with zero attached hydrogens (tertiary/aromatic N) is 1. The van der Waals surface area contributed by atoms with Crippen molar-refractivity contribution in [3.05, 3.63) is 49.6 Å². The maximum Gasteiger partial charge on any atom is 0.254 e. The number of aromatic nitrogens is 1. The Morgan fingerprint density at radius 3 is 2.52 bits per heavy atom. The number of anilines is 3. The lowest BCUT2D eigenvalue weighted by Crippen LogP contribution is -2.31. The summed E-state index contributed by atoms with van der Waals surface area (Å²) < 4.78 is 44.6. The quantitative estimate of drug-likeness (QED) is 0.485. The summed E-state index contributed by atoms with van der Waals surface area (Å²) in [7, 11) is -2.12. The van der Waals surface area contributed by atoms with E-state index in [4.69, 9.17) is 0 Å². The molecule has 2 aromatic rings. The van der Waals surface area contributed by atoms with Gasteiger partial charge in [-0.1, -0.05) is 19.8 Å². The molecule has 1 aliphatic rings. The Morgan fingerprint density at radius 1 is 1.24 bits per heavy atom. The molecule has 3 rings (SSSR count). The van der Waals surface area contributed by atoms with E-state index in [2.05, 4.69) is 10.0 Å². The molecule has 0 atom stereocenters. The highest BCUT2D eigenvalue weighted by atomic mass is 127. The molecule has 0 amide bonds. The van der Waals surface area contributed by atoms with Crippen LogP contribution in [0.1, 0.15) is 44.6 Å². The van der Waals surface area contributed by atoms with Crippen molar-refractivity contribution in [3.8, 4) is 0 Å². The summed E-state index contributed by atoms with van der Waals surface area (Å²) in [6.45, 7) is 3.66. The van der Waals surface area contributed by atoms with Crippen LogP contribution in [-0.4, -0.2) is 17.7 Å². The first-order chi connectivity index (χ1) is 13.6. The minimum absolute atomic E-state index is 0.164. The Labute approximate surface area is 184 Å². The number of aryl methyl sites for hydroxylation is 1. The fourth-order valence-corrected chi connectivity index (χ4v) is 5.55. The standard InChI is InChI=1S/C20H25FIN3O3S/c1-4-5-8-20(9-10-20)29(27,28)24-17-11-13(2)19(26)25(3)18(17)23-16-7-6-14(22)12-15(16)21/h6-7,11-12,23-24H,4-5,8-10H2,1-3H3. The van der Waals surface area contributed by atoms with Crippen LogP contribution in [0.3, 0.4) is 0 Å². The highest BCUT2D eigenvalue weighted by Crippen LogP contribution is 2.48. The zero-order valence-corrected chi connectivity index (χ0v) is 19.7. The lowest BCUT2D eigenvalue weighted by Gasteiger charge is -2.22. The SMILES string of the molecule is CCCCC1(S(=O)(=O)Nc2cc(C)c(=O)n(C)c2Nc2ccc(I)cc2F)CC1. The van der Waals surface area contributed by atoms with Crippen LogP contribution >= 0.6 is 22.6 Å². The number of hydrogen-bond acceptors (Lipinski definition) is 4. The second-order valence-electron chi connectivity index (χ2n) is 7.60. The molecule has 0 aliphatic heterocycles. The molecule has 6 nitrogen and oxygen atoms in total. The topological polar surface area (TPSA) is 80.2 Å². The van der Waals surface area contributed by atoms with Gasteiger partial charge in [0.2, 0.25) is 10.0 Å². The zero-order valence-electron chi connectivity index (χ0n) is 16.7. The van der Waals surface area contributed by atoms with Crippen molar-refractivity contribution in [1.82, 2.24) is 4.57 Å². The summed E-state index contributed by atoms with van der Waals surface area (Å²) in [6, 6.07) is 6.15. The van der Waals surface area contributed by atoms with E-state index in [0.29, 0.717) is 24.8 Å². The zero-order chi connectivity index (χ0) is 21.4. The van der Waals surface area contributed by atoms with Crippen molar-refractivity contribution in [2.75, 3.05) is 10.0 Å². The molecule has 158 valence electrons. The average molecular weight is 533 g/mol. The molecular weight excluding hydrogens is 508 g/mol. The molecule has 0 radical (unpaired) electrons. The number of sulfonamides is 1. The Morgan fingerprint density at radius 2 is 1.93 bits per heavy atom. The van der Waals surface area contributed by atoms with Gasteiger partial charge in [0.15, 0.2) is 0 Å². The number of hydrogen-bond donors (Lipinski definition) is 2. The minimum Gasteiger partial charge on any atom is -0.337 e. The van der Waals surface area contributed by atoms with Gasteiger partial charge in [0, 0.05) is 16.2 Å². The summed E-state index contributed by atoms with van der Waals surface area (Å²) >= 11 is 2.01. The number of halogens is 2. The first kappa shape index (κ1) is 22.1. The molecule has 1 aromatic heterocycles. The lowest BCUT2D eigenvalue weighted by molar-refractivity contribution is 0.564. The second kappa shape index (κ2) is 8.25. The van der Waals surface area contributed by atoms with Gasteiger partial charge in [-0.05, 0) is 73.0 Å². The molecule has 1 heterocycles. The summed E-state index contributed by atoms with van der Waals surface area (Å²) in [5, 5.41) is 2.90. The van der Waals surface area contributed by atoms with Crippen LogP contribution in [-0.2, 0) is 17.1 Å². The average Bonchev–Trinajstić information content (AvgIpc) is 3.44. The second-order valence-corrected chi connectivity index (χ2v) is 10.9. The maximum absolute atomic E-state index is 14.4. The van der Waals surface area contributed by atoms with E-state index in [1.54, 1.807) is 19.1 Å². The predicted molar refractivity (Wildman–Crippen MR) is 123 cm³/mol. The third-order valence-electron chi connectivity index (χ3n) is 5.39. The number of pyridine rings is 1. The summed E-state index contributed by atoms with van der Waals surface area (Å²) in [4.78, 5) is 12.4. The van der Waals surface area contributed by atoms with E-state index in [9.17, 15) is 17.6 Å². The normalized spacial score (nSPS) is 15.2. The van der Waals surface area contributed by atoms with Gasteiger partial charge in [-0.2, -0.15) is 0 Å². The third-order valence-corrected chi connectivity index (χ3v) is 8.30. The van der Waals surface area contributed by atoms with Crippen LogP contribution in [0.25, 0.3) is 0 Å². The van der Waals surface area contributed by atoms with Gasteiger partial charge in [-0.25, -0.2) is 12.8 Å². The Hall–Kier alpha value is -1.62. The first-order valence-corrected chi connectivity index (χ1v) is 12.1. The fourth-order valence-electron chi connectivity index (χ4n) is 3.39. The molecule has 29 heavy (non-hydrogen) atoms. The van der Waals surface area contributed by atoms with Crippen molar-refractivity contribution in [1.29, 1.82) is 0 Å². The number of nitrogens with one attached hydrogen (secondary N) is 2. The van der Waals surface area contributed by atoms with E-state index >= 15 is 0 Å². The molecule has 1 aliphatic carbocycles. The molecule has 0 saturated heterocycles. The Balaban J connectivity index is 2.02. The van der Waals surface area contributed by atoms with Crippen LogP contribution in [0.15, 0.2) is 29.1 Å². The van der Waals surface area contributed by atoms with E-state index in [-0.39, 0.29) is 22.8 Å². The Kier molecular flexibility index (Phi) is 6.28. The van der Waals surface area contributed by atoms with Crippen LogP contribution in [0.2, 0.25) is 0 Å².